The Morgan fingerprint density at radius 2 is 2.05 bits per heavy atom. The molecule has 1 aliphatic heterocycles. The molecule has 20 heavy (non-hydrogen) atoms. The molecule has 1 fully saturated rings. The second-order valence-corrected chi connectivity index (χ2v) is 5.53. The van der Waals surface area contributed by atoms with Crippen LogP contribution in [0.25, 0.3) is 0 Å². The minimum Gasteiger partial charge on any atom is -0.373 e. The van der Waals surface area contributed by atoms with Crippen molar-refractivity contribution in [1.29, 1.82) is 0 Å². The molecule has 0 aromatic heterocycles. The summed E-state index contributed by atoms with van der Waals surface area (Å²) in [4.78, 5) is 11.8. The second kappa shape index (κ2) is 6.03. The Morgan fingerprint density at radius 1 is 1.30 bits per heavy atom. The topological polar surface area (TPSA) is 41.1 Å². The molecule has 1 aliphatic rings. The summed E-state index contributed by atoms with van der Waals surface area (Å²) < 4.78 is 38.6. The van der Waals surface area contributed by atoms with Crippen LogP contribution in [-0.4, -0.2) is 18.5 Å². The molecule has 1 saturated heterocycles. The maximum Gasteiger partial charge on any atom is 0.416 e. The van der Waals surface area contributed by atoms with Gasteiger partial charge in [0, 0.05) is 16.7 Å². The number of anilines is 1. The minimum absolute atomic E-state index is 0.174. The monoisotopic (exact) mass is 350 g/mol. The number of carbonyl (C=O) groups is 1. The average Bonchev–Trinajstić information content (AvgIpc) is 2.56. The van der Waals surface area contributed by atoms with Crippen molar-refractivity contribution in [3.8, 4) is 0 Å². The predicted molar refractivity (Wildman–Crippen MR) is 73.4 cm³/mol. The van der Waals surface area contributed by atoms with Crippen LogP contribution >= 0.6 is 15.9 Å². The average molecular weight is 351 g/mol. The summed E-state index contributed by atoms with van der Waals surface area (Å²) in [6.07, 6.45) is -2.06. The SMILES string of the molecule is O=C1NCCCCC1Nc1cc(C(F)(F)F)ccc1Br. The Hall–Kier alpha value is -1.24. The maximum atomic E-state index is 12.7. The Labute approximate surface area is 123 Å². The third-order valence-electron chi connectivity index (χ3n) is 3.16. The van der Waals surface area contributed by atoms with Gasteiger partial charge in [0.2, 0.25) is 5.91 Å². The second-order valence-electron chi connectivity index (χ2n) is 4.68. The fourth-order valence-electron chi connectivity index (χ4n) is 2.08. The first-order valence-electron chi connectivity index (χ1n) is 6.29. The first-order valence-corrected chi connectivity index (χ1v) is 7.08. The van der Waals surface area contributed by atoms with E-state index in [-0.39, 0.29) is 11.6 Å². The van der Waals surface area contributed by atoms with Gasteiger partial charge in [0.15, 0.2) is 0 Å². The van der Waals surface area contributed by atoms with Gasteiger partial charge in [-0.3, -0.25) is 4.79 Å². The van der Waals surface area contributed by atoms with E-state index in [0.717, 1.165) is 25.0 Å². The van der Waals surface area contributed by atoms with Crippen molar-refractivity contribution >= 4 is 27.5 Å². The predicted octanol–water partition coefficient (Wildman–Crippen LogP) is 3.55. The molecule has 0 radical (unpaired) electrons. The number of hydrogen-bond donors (Lipinski definition) is 2. The molecule has 1 heterocycles. The zero-order chi connectivity index (χ0) is 14.8. The van der Waals surface area contributed by atoms with Gasteiger partial charge in [-0.15, -0.1) is 0 Å². The molecule has 1 aromatic rings. The van der Waals surface area contributed by atoms with Gasteiger partial charge in [-0.1, -0.05) is 0 Å². The summed E-state index contributed by atoms with van der Waals surface area (Å²) in [7, 11) is 0. The Bertz CT molecular complexity index is 505. The van der Waals surface area contributed by atoms with Crippen LogP contribution in [0.3, 0.4) is 0 Å². The van der Waals surface area contributed by atoms with Crippen molar-refractivity contribution in [3.63, 3.8) is 0 Å². The van der Waals surface area contributed by atoms with Gasteiger partial charge in [-0.25, -0.2) is 0 Å². The van der Waals surface area contributed by atoms with Crippen LogP contribution < -0.4 is 10.6 Å². The zero-order valence-electron chi connectivity index (χ0n) is 10.6. The number of carbonyl (C=O) groups excluding carboxylic acids is 1. The van der Waals surface area contributed by atoms with Gasteiger partial charge >= 0.3 is 6.18 Å². The summed E-state index contributed by atoms with van der Waals surface area (Å²) in [6.45, 7) is 0.612. The van der Waals surface area contributed by atoms with Gasteiger partial charge in [-0.05, 0) is 53.4 Å². The van der Waals surface area contributed by atoms with E-state index < -0.39 is 17.8 Å². The molecule has 2 rings (SSSR count). The van der Waals surface area contributed by atoms with Crippen LogP contribution in [0, 0.1) is 0 Å². The summed E-state index contributed by atoms with van der Waals surface area (Å²) in [6, 6.07) is 2.85. The molecular formula is C13H14BrF3N2O. The quantitative estimate of drug-likeness (QED) is 0.856. The lowest BCUT2D eigenvalue weighted by atomic mass is 10.1. The Balaban J connectivity index is 2.21. The fraction of sp³-hybridized carbons (Fsp3) is 0.462. The molecule has 7 heteroatoms. The Kier molecular flexibility index (Phi) is 4.57. The van der Waals surface area contributed by atoms with Crippen molar-refractivity contribution in [1.82, 2.24) is 5.32 Å². The lowest BCUT2D eigenvalue weighted by Crippen LogP contribution is -2.38. The summed E-state index contributed by atoms with van der Waals surface area (Å²) in [5, 5.41) is 5.63. The largest absolute Gasteiger partial charge is 0.416 e. The van der Waals surface area contributed by atoms with E-state index in [9.17, 15) is 18.0 Å². The summed E-state index contributed by atoms with van der Waals surface area (Å²) in [5.74, 6) is -0.174. The molecule has 110 valence electrons. The van der Waals surface area contributed by atoms with E-state index in [1.807, 2.05) is 0 Å². The van der Waals surface area contributed by atoms with E-state index >= 15 is 0 Å². The van der Waals surface area contributed by atoms with E-state index in [4.69, 9.17) is 0 Å². The first kappa shape index (κ1) is 15.2. The number of benzene rings is 1. The molecule has 3 nitrogen and oxygen atoms in total. The van der Waals surface area contributed by atoms with Gasteiger partial charge in [0.25, 0.3) is 0 Å². The fourth-order valence-corrected chi connectivity index (χ4v) is 2.44. The molecular weight excluding hydrogens is 337 g/mol. The number of nitrogens with one attached hydrogen (secondary N) is 2. The number of halogens is 4. The molecule has 0 bridgehead atoms. The van der Waals surface area contributed by atoms with E-state index in [1.54, 1.807) is 0 Å². The van der Waals surface area contributed by atoms with Crippen molar-refractivity contribution in [3.05, 3.63) is 28.2 Å². The standard InChI is InChI=1S/C13H14BrF3N2O/c14-9-5-4-8(13(15,16)17)7-11(9)19-10-3-1-2-6-18-12(10)20/h4-5,7,10,19H,1-3,6H2,(H,18,20). The molecule has 0 aliphatic carbocycles. The van der Waals surface area contributed by atoms with Crippen molar-refractivity contribution in [2.45, 2.75) is 31.5 Å². The number of rotatable bonds is 2. The zero-order valence-corrected chi connectivity index (χ0v) is 12.1. The van der Waals surface area contributed by atoms with Gasteiger partial charge in [0.1, 0.15) is 6.04 Å². The summed E-state index contributed by atoms with van der Waals surface area (Å²) >= 11 is 3.20. The van der Waals surface area contributed by atoms with Crippen LogP contribution in [0.5, 0.6) is 0 Å². The molecule has 1 amide bonds. The van der Waals surface area contributed by atoms with Crippen LogP contribution in [0.4, 0.5) is 18.9 Å². The normalized spacial score (nSPS) is 20.2. The smallest absolute Gasteiger partial charge is 0.373 e. The number of amides is 1. The Morgan fingerprint density at radius 3 is 2.75 bits per heavy atom. The van der Waals surface area contributed by atoms with Gasteiger partial charge in [0.05, 0.1) is 5.56 Å². The van der Waals surface area contributed by atoms with E-state index in [0.29, 0.717) is 17.4 Å². The molecule has 0 saturated carbocycles. The highest BCUT2D eigenvalue weighted by atomic mass is 79.9. The molecule has 1 aromatic carbocycles. The molecule has 1 unspecified atom stereocenters. The number of alkyl halides is 3. The minimum atomic E-state index is -4.40. The lowest BCUT2D eigenvalue weighted by Gasteiger charge is -2.19. The molecule has 0 spiro atoms. The van der Waals surface area contributed by atoms with Gasteiger partial charge < -0.3 is 10.6 Å². The maximum absolute atomic E-state index is 12.7. The third kappa shape index (κ3) is 3.65. The van der Waals surface area contributed by atoms with Crippen LogP contribution in [0.15, 0.2) is 22.7 Å². The third-order valence-corrected chi connectivity index (χ3v) is 3.85. The number of hydrogen-bond acceptors (Lipinski definition) is 2. The highest BCUT2D eigenvalue weighted by Gasteiger charge is 2.31. The van der Waals surface area contributed by atoms with E-state index in [1.165, 1.54) is 6.07 Å². The van der Waals surface area contributed by atoms with Crippen LogP contribution in [0.2, 0.25) is 0 Å². The summed E-state index contributed by atoms with van der Waals surface area (Å²) in [5.41, 5.74) is -0.459. The van der Waals surface area contributed by atoms with Crippen molar-refractivity contribution in [2.75, 3.05) is 11.9 Å². The van der Waals surface area contributed by atoms with E-state index in [2.05, 4.69) is 26.6 Å². The molecule has 1 atom stereocenters. The highest BCUT2D eigenvalue weighted by Crippen LogP contribution is 2.34. The lowest BCUT2D eigenvalue weighted by molar-refractivity contribution is -0.137. The van der Waals surface area contributed by atoms with Crippen molar-refractivity contribution in [2.24, 2.45) is 0 Å². The van der Waals surface area contributed by atoms with Crippen LogP contribution in [0.1, 0.15) is 24.8 Å². The highest BCUT2D eigenvalue weighted by molar-refractivity contribution is 9.10. The first-order chi connectivity index (χ1) is 9.38. The van der Waals surface area contributed by atoms with Gasteiger partial charge in [-0.2, -0.15) is 13.2 Å². The van der Waals surface area contributed by atoms with Crippen LogP contribution in [-0.2, 0) is 11.0 Å². The van der Waals surface area contributed by atoms with Crippen molar-refractivity contribution < 1.29 is 18.0 Å². The molecule has 2 N–H and O–H groups in total.